The number of halogens is 1. The lowest BCUT2D eigenvalue weighted by atomic mass is 10.2. The predicted octanol–water partition coefficient (Wildman–Crippen LogP) is 4.20. The molecule has 2 aromatic heterocycles. The van der Waals surface area contributed by atoms with Crippen molar-refractivity contribution in [1.29, 1.82) is 0 Å². The smallest absolute Gasteiger partial charge is 0.230 e. The van der Waals surface area contributed by atoms with Gasteiger partial charge in [0.25, 0.3) is 0 Å². The minimum atomic E-state index is -0.361. The van der Waals surface area contributed by atoms with Gasteiger partial charge in [0.15, 0.2) is 0 Å². The summed E-state index contributed by atoms with van der Waals surface area (Å²) in [7, 11) is 0. The Balaban J connectivity index is 1.88. The van der Waals surface area contributed by atoms with Crippen LogP contribution in [0.15, 0.2) is 48.5 Å². The zero-order valence-electron chi connectivity index (χ0n) is 11.2. The molecule has 0 radical (unpaired) electrons. The van der Waals surface area contributed by atoms with E-state index in [1.807, 2.05) is 30.3 Å². The van der Waals surface area contributed by atoms with Crippen LogP contribution >= 0.6 is 11.3 Å². The van der Waals surface area contributed by atoms with E-state index in [0.29, 0.717) is 26.5 Å². The fraction of sp³-hybridized carbons (Fsp3) is 0. The molecule has 2 N–H and O–H groups in total. The van der Waals surface area contributed by atoms with Gasteiger partial charge in [-0.1, -0.05) is 42.5 Å². The molecule has 4 rings (SSSR count). The Bertz CT molecular complexity index is 962. The van der Waals surface area contributed by atoms with E-state index in [2.05, 4.69) is 15.2 Å². The second-order valence-corrected chi connectivity index (χ2v) is 5.77. The molecule has 0 fully saturated rings. The molecule has 2 heterocycles. The second kappa shape index (κ2) is 4.92. The maximum atomic E-state index is 13.7. The first-order valence-corrected chi connectivity index (χ1v) is 7.44. The van der Waals surface area contributed by atoms with Crippen molar-refractivity contribution in [3.05, 3.63) is 54.3 Å². The van der Waals surface area contributed by atoms with Crippen molar-refractivity contribution in [3.8, 4) is 27.0 Å². The number of hydrogen-bond donors (Lipinski definition) is 2. The van der Waals surface area contributed by atoms with Crippen LogP contribution in [0.3, 0.4) is 0 Å². The van der Waals surface area contributed by atoms with Crippen molar-refractivity contribution in [2.45, 2.75) is 0 Å². The molecule has 108 valence electrons. The van der Waals surface area contributed by atoms with E-state index in [0.717, 1.165) is 5.56 Å². The average molecular weight is 311 g/mol. The molecule has 4 nitrogen and oxygen atoms in total. The van der Waals surface area contributed by atoms with Crippen LogP contribution in [0.2, 0.25) is 0 Å². The maximum Gasteiger partial charge on any atom is 0.230 e. The van der Waals surface area contributed by atoms with E-state index < -0.39 is 0 Å². The Kier molecular flexibility index (Phi) is 2.90. The molecule has 0 saturated carbocycles. The fourth-order valence-electron chi connectivity index (χ4n) is 2.36. The van der Waals surface area contributed by atoms with Crippen LogP contribution in [0, 0.1) is 5.82 Å². The summed E-state index contributed by atoms with van der Waals surface area (Å²) >= 11 is 1.32. The molecule has 0 saturated heterocycles. The van der Waals surface area contributed by atoms with Crippen LogP contribution in [-0.4, -0.2) is 20.3 Å². The minimum absolute atomic E-state index is 0.0428. The molecule has 0 spiro atoms. The number of rotatable bonds is 2. The maximum absolute atomic E-state index is 13.7. The van der Waals surface area contributed by atoms with Crippen molar-refractivity contribution < 1.29 is 9.50 Å². The van der Waals surface area contributed by atoms with Crippen LogP contribution in [0.1, 0.15) is 0 Å². The highest BCUT2D eigenvalue weighted by Crippen LogP contribution is 2.40. The standard InChI is InChI=1S/C16H10FN3OS/c17-11-8-4-7-10-12(11)19-20-13(10)16-18-15(21)14(22-16)9-5-2-1-3-6-9/h1-8,21H,(H,19,20). The average Bonchev–Trinajstić information content (AvgIpc) is 3.12. The monoisotopic (exact) mass is 311 g/mol. The number of nitrogens with zero attached hydrogens (tertiary/aromatic N) is 2. The lowest BCUT2D eigenvalue weighted by molar-refractivity contribution is 0.459. The molecular weight excluding hydrogens is 301 g/mol. The number of thiazole rings is 1. The van der Waals surface area contributed by atoms with E-state index in [1.54, 1.807) is 12.1 Å². The summed E-state index contributed by atoms with van der Waals surface area (Å²) in [5.41, 5.74) is 1.76. The van der Waals surface area contributed by atoms with Crippen LogP contribution in [-0.2, 0) is 0 Å². The lowest BCUT2D eigenvalue weighted by Crippen LogP contribution is -1.77. The van der Waals surface area contributed by atoms with Gasteiger partial charge in [0.2, 0.25) is 5.88 Å². The third-order valence-corrected chi connectivity index (χ3v) is 4.50. The molecular formula is C16H10FN3OS. The fourth-order valence-corrected chi connectivity index (χ4v) is 3.33. The SMILES string of the molecule is Oc1nc(-c2n[nH]c3c(F)cccc23)sc1-c1ccccc1. The van der Waals surface area contributed by atoms with E-state index in [9.17, 15) is 9.50 Å². The summed E-state index contributed by atoms with van der Waals surface area (Å²) < 4.78 is 13.7. The number of aromatic amines is 1. The Morgan fingerprint density at radius 3 is 2.68 bits per heavy atom. The third-order valence-electron chi connectivity index (χ3n) is 3.40. The van der Waals surface area contributed by atoms with Gasteiger partial charge >= 0.3 is 0 Å². The molecule has 0 aliphatic rings. The van der Waals surface area contributed by atoms with Gasteiger partial charge in [-0.3, -0.25) is 5.10 Å². The molecule has 0 aliphatic carbocycles. The third kappa shape index (κ3) is 1.96. The van der Waals surface area contributed by atoms with Gasteiger partial charge in [-0.05, 0) is 11.6 Å². The summed E-state index contributed by atoms with van der Waals surface area (Å²) in [5, 5.41) is 18.1. The van der Waals surface area contributed by atoms with Gasteiger partial charge in [-0.15, -0.1) is 11.3 Å². The van der Waals surface area contributed by atoms with Gasteiger partial charge in [-0.2, -0.15) is 10.1 Å². The summed E-state index contributed by atoms with van der Waals surface area (Å²) in [6, 6.07) is 14.3. The summed E-state index contributed by atoms with van der Waals surface area (Å²) in [6.07, 6.45) is 0. The minimum Gasteiger partial charge on any atom is -0.492 e. The highest BCUT2D eigenvalue weighted by atomic mass is 32.1. The Morgan fingerprint density at radius 2 is 1.86 bits per heavy atom. The molecule has 2 aromatic carbocycles. The van der Waals surface area contributed by atoms with E-state index in [-0.39, 0.29) is 11.7 Å². The first-order valence-electron chi connectivity index (χ1n) is 6.62. The number of hydrogen-bond acceptors (Lipinski definition) is 4. The number of fused-ring (bicyclic) bond motifs is 1. The van der Waals surface area contributed by atoms with Crippen molar-refractivity contribution in [3.63, 3.8) is 0 Å². The number of H-pyrrole nitrogens is 1. The van der Waals surface area contributed by atoms with Crippen molar-refractivity contribution in [1.82, 2.24) is 15.2 Å². The van der Waals surface area contributed by atoms with E-state index >= 15 is 0 Å². The van der Waals surface area contributed by atoms with Gasteiger partial charge in [0, 0.05) is 5.39 Å². The highest BCUT2D eigenvalue weighted by molar-refractivity contribution is 7.18. The van der Waals surface area contributed by atoms with E-state index in [4.69, 9.17) is 0 Å². The van der Waals surface area contributed by atoms with Gasteiger partial charge in [-0.25, -0.2) is 4.39 Å². The number of aromatic nitrogens is 3. The molecule has 0 aliphatic heterocycles. The van der Waals surface area contributed by atoms with Crippen LogP contribution < -0.4 is 0 Å². The Morgan fingerprint density at radius 1 is 1.05 bits per heavy atom. The first-order chi connectivity index (χ1) is 10.7. The molecule has 0 atom stereocenters. The highest BCUT2D eigenvalue weighted by Gasteiger charge is 2.18. The van der Waals surface area contributed by atoms with Crippen molar-refractivity contribution in [2.75, 3.05) is 0 Å². The predicted molar refractivity (Wildman–Crippen MR) is 84.3 cm³/mol. The molecule has 0 unspecified atom stereocenters. The normalized spacial score (nSPS) is 11.1. The van der Waals surface area contributed by atoms with Crippen LogP contribution in [0.4, 0.5) is 4.39 Å². The van der Waals surface area contributed by atoms with Crippen molar-refractivity contribution in [2.24, 2.45) is 0 Å². The zero-order valence-corrected chi connectivity index (χ0v) is 12.1. The van der Waals surface area contributed by atoms with E-state index in [1.165, 1.54) is 17.4 Å². The number of para-hydroxylation sites is 1. The number of nitrogens with one attached hydrogen (secondary N) is 1. The summed E-state index contributed by atoms with van der Waals surface area (Å²) in [6.45, 7) is 0. The molecule has 6 heteroatoms. The Labute approximate surface area is 128 Å². The molecule has 0 amide bonds. The van der Waals surface area contributed by atoms with Crippen LogP contribution in [0.25, 0.3) is 32.0 Å². The zero-order chi connectivity index (χ0) is 15.1. The summed E-state index contributed by atoms with van der Waals surface area (Å²) in [5.74, 6) is -0.404. The largest absolute Gasteiger partial charge is 0.492 e. The van der Waals surface area contributed by atoms with Crippen LogP contribution in [0.5, 0.6) is 5.88 Å². The van der Waals surface area contributed by atoms with Gasteiger partial charge in [0.1, 0.15) is 22.0 Å². The molecule has 0 bridgehead atoms. The second-order valence-electron chi connectivity index (χ2n) is 4.77. The first kappa shape index (κ1) is 13.0. The van der Waals surface area contributed by atoms with Gasteiger partial charge in [0.05, 0.1) is 4.88 Å². The topological polar surface area (TPSA) is 61.8 Å². The number of benzene rings is 2. The quantitative estimate of drug-likeness (QED) is 0.583. The van der Waals surface area contributed by atoms with Crippen molar-refractivity contribution >= 4 is 22.2 Å². The summed E-state index contributed by atoms with van der Waals surface area (Å²) in [4.78, 5) is 4.85. The number of aromatic hydroxyl groups is 1. The molecule has 4 aromatic rings. The lowest BCUT2D eigenvalue weighted by Gasteiger charge is -1.95. The molecule has 22 heavy (non-hydrogen) atoms. The Hall–Kier alpha value is -2.73. The van der Waals surface area contributed by atoms with Gasteiger partial charge < -0.3 is 5.11 Å².